The molecule has 8 nitrogen and oxygen atoms in total. The Balaban J connectivity index is 0.00000364. The summed E-state index contributed by atoms with van der Waals surface area (Å²) in [6, 6.07) is 0. The number of hydrogen-bond acceptors (Lipinski definition) is 8. The summed E-state index contributed by atoms with van der Waals surface area (Å²) >= 11 is 0. The van der Waals surface area contributed by atoms with Gasteiger partial charge in [0.1, 0.15) is 16.2 Å². The predicted octanol–water partition coefficient (Wildman–Crippen LogP) is -4.62. The number of ether oxygens (including phenoxy) is 1. The van der Waals surface area contributed by atoms with Crippen molar-refractivity contribution < 1.29 is 94.6 Å². The van der Waals surface area contributed by atoms with Gasteiger partial charge >= 0.3 is 65.1 Å². The van der Waals surface area contributed by atoms with Crippen LogP contribution in [0.1, 0.15) is 58.8 Å². The molecule has 2 aliphatic carbocycles. The molecule has 2 rings (SSSR count). The Hall–Kier alpha value is 1.29. The molecule has 6 unspecified atom stereocenters. The van der Waals surface area contributed by atoms with Crippen LogP contribution in [-0.4, -0.2) is 48.5 Å². The molecule has 0 aromatic rings. The van der Waals surface area contributed by atoms with Crippen molar-refractivity contribution in [3.05, 3.63) is 0 Å². The molecule has 6 atom stereocenters. The first-order valence-electron chi connectivity index (χ1n) is 9.02. The maximum atomic E-state index is 11.7. The van der Waals surface area contributed by atoms with Crippen LogP contribution in [-0.2, 0) is 29.8 Å². The second-order valence-corrected chi connectivity index (χ2v) is 10.8. The molecule has 2 fully saturated rings. The van der Waals surface area contributed by atoms with Gasteiger partial charge in [-0.3, -0.25) is 4.79 Å². The van der Waals surface area contributed by atoms with Crippen molar-refractivity contribution in [2.75, 3.05) is 0 Å². The van der Waals surface area contributed by atoms with Gasteiger partial charge in [0.2, 0.25) is 0 Å². The van der Waals surface area contributed by atoms with Crippen LogP contribution in [0.25, 0.3) is 0 Å². The van der Waals surface area contributed by atoms with E-state index in [0.717, 1.165) is 0 Å². The van der Waals surface area contributed by atoms with Crippen LogP contribution < -0.4 is 59.1 Å². The number of carbonyl (C=O) groups is 1. The van der Waals surface area contributed by atoms with Crippen molar-refractivity contribution >= 4 is 26.2 Å². The van der Waals surface area contributed by atoms with Crippen LogP contribution in [0.4, 0.5) is 0 Å². The quantitative estimate of drug-likeness (QED) is 0.229. The van der Waals surface area contributed by atoms with Crippen LogP contribution in [0, 0.1) is 17.8 Å². The van der Waals surface area contributed by atoms with Gasteiger partial charge in [-0.2, -0.15) is 0 Å². The second-order valence-electron chi connectivity index (χ2n) is 7.57. The SMILES string of the molecule is CCC(=O)OC1CCC(C2CCC(C)C(S(=O)(=O)[O-])C2)CC1S(=O)(=O)[O-].[Na+].[Na+]. The van der Waals surface area contributed by atoms with E-state index >= 15 is 0 Å². The van der Waals surface area contributed by atoms with E-state index in [9.17, 15) is 30.7 Å². The molecule has 0 N–H and O–H groups in total. The summed E-state index contributed by atoms with van der Waals surface area (Å²) in [4.78, 5) is 11.5. The van der Waals surface area contributed by atoms with Crippen LogP contribution in [0.2, 0.25) is 0 Å². The largest absolute Gasteiger partial charge is 1.00 e. The van der Waals surface area contributed by atoms with Gasteiger partial charge in [0, 0.05) is 6.42 Å². The van der Waals surface area contributed by atoms with Gasteiger partial charge in [0.25, 0.3) is 0 Å². The maximum Gasteiger partial charge on any atom is 1.00 e. The molecule has 0 radical (unpaired) electrons. The summed E-state index contributed by atoms with van der Waals surface area (Å²) in [6.07, 6.45) is 1.44. The smallest absolute Gasteiger partial charge is 0.748 e. The van der Waals surface area contributed by atoms with Gasteiger partial charge in [-0.15, -0.1) is 0 Å². The van der Waals surface area contributed by atoms with Crippen molar-refractivity contribution in [1.82, 2.24) is 0 Å². The normalized spacial score (nSPS) is 33.9. The summed E-state index contributed by atoms with van der Waals surface area (Å²) < 4.78 is 74.7. The molecule has 28 heavy (non-hydrogen) atoms. The minimum absolute atomic E-state index is 0. The van der Waals surface area contributed by atoms with Gasteiger partial charge in [-0.25, -0.2) is 16.8 Å². The van der Waals surface area contributed by atoms with E-state index in [0.29, 0.717) is 19.3 Å². The summed E-state index contributed by atoms with van der Waals surface area (Å²) in [7, 11) is -9.08. The topological polar surface area (TPSA) is 141 Å². The summed E-state index contributed by atoms with van der Waals surface area (Å²) in [5.74, 6) is -1.07. The first-order chi connectivity index (χ1) is 11.9. The summed E-state index contributed by atoms with van der Waals surface area (Å²) in [5.41, 5.74) is 0. The zero-order chi connectivity index (χ0) is 19.7. The van der Waals surface area contributed by atoms with Gasteiger partial charge in [-0.05, 0) is 56.3 Å². The molecule has 0 aliphatic heterocycles. The third-order valence-electron chi connectivity index (χ3n) is 5.91. The average molecular weight is 456 g/mol. The van der Waals surface area contributed by atoms with Crippen molar-refractivity contribution in [2.45, 2.75) is 75.4 Å². The van der Waals surface area contributed by atoms with Crippen LogP contribution in [0.3, 0.4) is 0 Å². The summed E-state index contributed by atoms with van der Waals surface area (Å²) in [6.45, 7) is 3.32. The van der Waals surface area contributed by atoms with E-state index in [1.165, 1.54) is 0 Å². The Morgan fingerprint density at radius 1 is 0.893 bits per heavy atom. The molecule has 152 valence electrons. The zero-order valence-electron chi connectivity index (χ0n) is 17.0. The molecule has 0 amide bonds. The fraction of sp³-hybridized carbons (Fsp3) is 0.938. The maximum absolute atomic E-state index is 11.7. The standard InChI is InChI=1S/C16H28O8S2.2Na/c1-3-16(17)24-13-7-6-12(9-15(13)26(21,22)23)11-5-4-10(2)14(8-11)25(18,19)20;;/h10-15H,3-9H2,1-2H3,(H,18,19,20)(H,21,22,23);;/q;2*+1/p-2. The van der Waals surface area contributed by atoms with Gasteiger partial charge < -0.3 is 13.8 Å². The van der Waals surface area contributed by atoms with Crippen LogP contribution in [0.15, 0.2) is 0 Å². The van der Waals surface area contributed by atoms with E-state index < -0.39 is 42.8 Å². The number of hydrogen-bond donors (Lipinski definition) is 0. The Kier molecular flexibility index (Phi) is 12.3. The minimum Gasteiger partial charge on any atom is -0.748 e. The Bertz CT molecular complexity index is 725. The van der Waals surface area contributed by atoms with E-state index in [-0.39, 0.29) is 103 Å². The molecule has 0 spiro atoms. The first kappa shape index (κ1) is 29.3. The van der Waals surface area contributed by atoms with Crippen molar-refractivity contribution in [3.8, 4) is 0 Å². The van der Waals surface area contributed by atoms with Gasteiger partial charge in [0.15, 0.2) is 0 Å². The fourth-order valence-electron chi connectivity index (χ4n) is 4.39. The molecule has 2 saturated carbocycles. The molecule has 0 heterocycles. The number of rotatable bonds is 5. The molecule has 2 aliphatic rings. The van der Waals surface area contributed by atoms with Crippen molar-refractivity contribution in [3.63, 3.8) is 0 Å². The van der Waals surface area contributed by atoms with E-state index in [4.69, 9.17) is 4.74 Å². The molecule has 12 heteroatoms. The number of esters is 1. The predicted molar refractivity (Wildman–Crippen MR) is 91.0 cm³/mol. The second kappa shape index (κ2) is 11.8. The third kappa shape index (κ3) is 7.76. The third-order valence-corrected chi connectivity index (χ3v) is 8.55. The Morgan fingerprint density at radius 2 is 1.36 bits per heavy atom. The molecule has 0 aromatic heterocycles. The molecular formula is C16H26Na2O8S2. The monoisotopic (exact) mass is 456 g/mol. The van der Waals surface area contributed by atoms with Crippen molar-refractivity contribution in [1.29, 1.82) is 0 Å². The Morgan fingerprint density at radius 3 is 1.82 bits per heavy atom. The van der Waals surface area contributed by atoms with Crippen LogP contribution in [0.5, 0.6) is 0 Å². The molecular weight excluding hydrogens is 430 g/mol. The molecule has 0 aromatic carbocycles. The van der Waals surface area contributed by atoms with Crippen molar-refractivity contribution in [2.24, 2.45) is 17.8 Å². The minimum atomic E-state index is -4.66. The Labute approximate surface area is 212 Å². The van der Waals surface area contributed by atoms with Crippen LogP contribution >= 0.6 is 0 Å². The molecule has 0 saturated heterocycles. The molecule has 0 bridgehead atoms. The average Bonchev–Trinajstić information content (AvgIpc) is 2.53. The first-order valence-corrected chi connectivity index (χ1v) is 12.0. The van der Waals surface area contributed by atoms with Gasteiger partial charge in [-0.1, -0.05) is 13.8 Å². The number of carbonyl (C=O) groups excluding carboxylic acids is 1. The van der Waals surface area contributed by atoms with E-state index in [1.54, 1.807) is 13.8 Å². The van der Waals surface area contributed by atoms with Gasteiger partial charge in [0.05, 0.1) is 20.6 Å². The van der Waals surface area contributed by atoms with E-state index in [2.05, 4.69) is 0 Å². The zero-order valence-corrected chi connectivity index (χ0v) is 22.6. The summed E-state index contributed by atoms with van der Waals surface area (Å²) in [5, 5.41) is -2.29. The van der Waals surface area contributed by atoms with E-state index in [1.807, 2.05) is 0 Å². The fourth-order valence-corrected chi connectivity index (χ4v) is 6.63.